The van der Waals surface area contributed by atoms with E-state index in [1.54, 1.807) is 7.11 Å². The molecule has 0 aromatic carbocycles. The predicted octanol–water partition coefficient (Wildman–Crippen LogP) is 2.11. The number of carbonyl (C=O) groups is 1. The summed E-state index contributed by atoms with van der Waals surface area (Å²) in [4.78, 5) is 16.8. The number of amides is 2. The van der Waals surface area contributed by atoms with Crippen molar-refractivity contribution in [1.82, 2.24) is 9.80 Å². The van der Waals surface area contributed by atoms with E-state index in [0.717, 1.165) is 52.0 Å². The van der Waals surface area contributed by atoms with Gasteiger partial charge in [0.15, 0.2) is 0 Å². The molecule has 5 heteroatoms. The lowest BCUT2D eigenvalue weighted by Crippen LogP contribution is -2.57. The molecule has 5 nitrogen and oxygen atoms in total. The zero-order valence-electron chi connectivity index (χ0n) is 13.2. The third kappa shape index (κ3) is 3.34. The van der Waals surface area contributed by atoms with Crippen molar-refractivity contribution in [2.75, 3.05) is 46.5 Å². The van der Waals surface area contributed by atoms with Gasteiger partial charge in [-0.2, -0.15) is 0 Å². The molecular weight excluding hydrogens is 268 g/mol. The monoisotopic (exact) mass is 296 g/mol. The summed E-state index contributed by atoms with van der Waals surface area (Å²) < 4.78 is 11.3. The van der Waals surface area contributed by atoms with Gasteiger partial charge in [-0.05, 0) is 19.3 Å². The van der Waals surface area contributed by atoms with Crippen molar-refractivity contribution >= 4 is 6.03 Å². The lowest BCUT2D eigenvalue weighted by atomic mass is 9.83. The summed E-state index contributed by atoms with van der Waals surface area (Å²) in [5.74, 6) is 0.503. The Bertz CT molecular complexity index is 363. The van der Waals surface area contributed by atoms with E-state index in [0.29, 0.717) is 12.5 Å². The quantitative estimate of drug-likeness (QED) is 0.784. The van der Waals surface area contributed by atoms with Crippen molar-refractivity contribution in [1.29, 1.82) is 0 Å². The Balaban J connectivity index is 1.57. The number of rotatable bonds is 2. The number of hydrogen-bond acceptors (Lipinski definition) is 3. The summed E-state index contributed by atoms with van der Waals surface area (Å²) in [5, 5.41) is 0. The summed E-state index contributed by atoms with van der Waals surface area (Å²) in [6.07, 6.45) is 7.08. The molecule has 0 radical (unpaired) electrons. The zero-order chi connectivity index (χ0) is 14.7. The van der Waals surface area contributed by atoms with E-state index >= 15 is 0 Å². The van der Waals surface area contributed by atoms with Crippen LogP contribution in [0, 0.1) is 5.92 Å². The van der Waals surface area contributed by atoms with Crippen molar-refractivity contribution < 1.29 is 14.3 Å². The Morgan fingerprint density at radius 2 is 2.05 bits per heavy atom. The number of methoxy groups -OCH3 is 1. The van der Waals surface area contributed by atoms with E-state index < -0.39 is 0 Å². The number of hydrogen-bond donors (Lipinski definition) is 0. The fourth-order valence-corrected chi connectivity index (χ4v) is 4.08. The van der Waals surface area contributed by atoms with Gasteiger partial charge in [0, 0.05) is 32.7 Å². The van der Waals surface area contributed by atoms with Crippen LogP contribution in [0.15, 0.2) is 0 Å². The van der Waals surface area contributed by atoms with E-state index in [1.165, 1.54) is 19.3 Å². The fraction of sp³-hybridized carbons (Fsp3) is 0.938. The lowest BCUT2D eigenvalue weighted by Gasteiger charge is -2.45. The SMILES string of the molecule is COCC1CCN(C(=O)N2CCOC3(CCCCC3)C2)C1. The maximum absolute atomic E-state index is 12.7. The van der Waals surface area contributed by atoms with Gasteiger partial charge in [-0.3, -0.25) is 0 Å². The molecule has 3 fully saturated rings. The number of urea groups is 1. The van der Waals surface area contributed by atoms with Crippen LogP contribution in [0.25, 0.3) is 0 Å². The summed E-state index contributed by atoms with van der Waals surface area (Å²) in [7, 11) is 1.74. The lowest BCUT2D eigenvalue weighted by molar-refractivity contribution is -0.118. The molecule has 2 aliphatic heterocycles. The Kier molecular flexibility index (Phi) is 4.69. The predicted molar refractivity (Wildman–Crippen MR) is 80.3 cm³/mol. The second kappa shape index (κ2) is 6.53. The van der Waals surface area contributed by atoms with E-state index in [2.05, 4.69) is 0 Å². The van der Waals surface area contributed by atoms with E-state index in [9.17, 15) is 4.79 Å². The summed E-state index contributed by atoms with van der Waals surface area (Å²) in [6.45, 7) is 4.70. The van der Waals surface area contributed by atoms with Crippen LogP contribution in [0.4, 0.5) is 4.79 Å². The zero-order valence-corrected chi connectivity index (χ0v) is 13.2. The molecule has 2 saturated heterocycles. The first-order chi connectivity index (χ1) is 10.2. The molecule has 1 aliphatic carbocycles. The van der Waals surface area contributed by atoms with E-state index in [4.69, 9.17) is 9.47 Å². The molecule has 0 aromatic rings. The van der Waals surface area contributed by atoms with Gasteiger partial charge >= 0.3 is 6.03 Å². The van der Waals surface area contributed by atoms with Crippen LogP contribution in [-0.4, -0.2) is 67.9 Å². The minimum atomic E-state index is -0.0438. The Labute approximate surface area is 127 Å². The van der Waals surface area contributed by atoms with Gasteiger partial charge in [-0.15, -0.1) is 0 Å². The average Bonchev–Trinajstić information content (AvgIpc) is 2.96. The highest BCUT2D eigenvalue weighted by atomic mass is 16.5. The second-order valence-electron chi connectivity index (χ2n) is 6.85. The smallest absolute Gasteiger partial charge is 0.320 e. The second-order valence-corrected chi connectivity index (χ2v) is 6.85. The molecule has 1 unspecified atom stereocenters. The summed E-state index contributed by atoms with van der Waals surface area (Å²) in [5.41, 5.74) is -0.0438. The molecule has 1 spiro atoms. The minimum Gasteiger partial charge on any atom is -0.384 e. The first-order valence-electron chi connectivity index (χ1n) is 8.39. The third-order valence-corrected chi connectivity index (χ3v) is 5.24. The molecular formula is C16H28N2O3. The Hall–Kier alpha value is -0.810. The normalized spacial score (nSPS) is 29.1. The van der Waals surface area contributed by atoms with Crippen LogP contribution in [-0.2, 0) is 9.47 Å². The van der Waals surface area contributed by atoms with Crippen LogP contribution in [0.1, 0.15) is 38.5 Å². The fourth-order valence-electron chi connectivity index (χ4n) is 4.08. The number of likely N-dealkylation sites (tertiary alicyclic amines) is 1. The highest BCUT2D eigenvalue weighted by molar-refractivity contribution is 5.75. The highest BCUT2D eigenvalue weighted by Gasteiger charge is 2.40. The number of ether oxygens (including phenoxy) is 2. The molecule has 21 heavy (non-hydrogen) atoms. The molecule has 1 atom stereocenters. The van der Waals surface area contributed by atoms with Crippen LogP contribution in [0.5, 0.6) is 0 Å². The molecule has 120 valence electrons. The highest BCUT2D eigenvalue weighted by Crippen LogP contribution is 2.34. The van der Waals surface area contributed by atoms with Crippen molar-refractivity contribution in [2.24, 2.45) is 5.92 Å². The van der Waals surface area contributed by atoms with Crippen molar-refractivity contribution in [3.05, 3.63) is 0 Å². The Morgan fingerprint density at radius 3 is 2.81 bits per heavy atom. The van der Waals surface area contributed by atoms with E-state index in [-0.39, 0.29) is 11.6 Å². The van der Waals surface area contributed by atoms with Gasteiger partial charge < -0.3 is 19.3 Å². The first-order valence-corrected chi connectivity index (χ1v) is 8.39. The standard InChI is InChI=1S/C16H28N2O3/c1-20-12-14-5-8-17(11-14)15(19)18-9-10-21-16(13-18)6-3-2-4-7-16/h14H,2-13H2,1H3. The van der Waals surface area contributed by atoms with Gasteiger partial charge in [-0.1, -0.05) is 19.3 Å². The first kappa shape index (κ1) is 15.1. The van der Waals surface area contributed by atoms with Crippen LogP contribution in [0.2, 0.25) is 0 Å². The van der Waals surface area contributed by atoms with Crippen LogP contribution in [0.3, 0.4) is 0 Å². The minimum absolute atomic E-state index is 0.0438. The van der Waals surface area contributed by atoms with Crippen LogP contribution < -0.4 is 0 Å². The van der Waals surface area contributed by atoms with Gasteiger partial charge in [0.05, 0.1) is 25.4 Å². The number of nitrogens with zero attached hydrogens (tertiary/aromatic N) is 2. The number of carbonyl (C=O) groups excluding carboxylic acids is 1. The van der Waals surface area contributed by atoms with Crippen molar-refractivity contribution in [3.8, 4) is 0 Å². The van der Waals surface area contributed by atoms with Gasteiger partial charge in [0.1, 0.15) is 0 Å². The molecule has 3 aliphatic rings. The molecule has 1 saturated carbocycles. The topological polar surface area (TPSA) is 42.0 Å². The molecule has 2 amide bonds. The summed E-state index contributed by atoms with van der Waals surface area (Å²) >= 11 is 0. The van der Waals surface area contributed by atoms with Gasteiger partial charge in [0.2, 0.25) is 0 Å². The van der Waals surface area contributed by atoms with Crippen LogP contribution >= 0.6 is 0 Å². The maximum atomic E-state index is 12.7. The summed E-state index contributed by atoms with van der Waals surface area (Å²) in [6, 6.07) is 0.210. The van der Waals surface area contributed by atoms with E-state index in [1.807, 2.05) is 9.80 Å². The molecule has 0 bridgehead atoms. The number of morpholine rings is 1. The maximum Gasteiger partial charge on any atom is 0.320 e. The van der Waals surface area contributed by atoms with Crippen molar-refractivity contribution in [3.63, 3.8) is 0 Å². The molecule has 0 N–H and O–H groups in total. The largest absolute Gasteiger partial charge is 0.384 e. The molecule has 3 rings (SSSR count). The Morgan fingerprint density at radius 1 is 1.24 bits per heavy atom. The third-order valence-electron chi connectivity index (χ3n) is 5.24. The molecule has 0 aromatic heterocycles. The van der Waals surface area contributed by atoms with Crippen molar-refractivity contribution in [2.45, 2.75) is 44.1 Å². The van der Waals surface area contributed by atoms with Gasteiger partial charge in [0.25, 0.3) is 0 Å². The average molecular weight is 296 g/mol. The molecule has 2 heterocycles. The van der Waals surface area contributed by atoms with Gasteiger partial charge in [-0.25, -0.2) is 4.79 Å².